The molecule has 0 unspecified atom stereocenters. The van der Waals surface area contributed by atoms with Gasteiger partial charge in [-0.2, -0.15) is 0 Å². The monoisotopic (exact) mass is 581 g/mol. The Morgan fingerprint density at radius 2 is 1.29 bits per heavy atom. The lowest BCUT2D eigenvalue weighted by Gasteiger charge is -2.14. The van der Waals surface area contributed by atoms with Gasteiger partial charge in [0.25, 0.3) is 5.91 Å². The van der Waals surface area contributed by atoms with E-state index >= 15 is 0 Å². The van der Waals surface area contributed by atoms with E-state index in [-0.39, 0.29) is 30.6 Å². The number of ether oxygens (including phenoxy) is 4. The molecule has 0 radical (unpaired) electrons. The summed E-state index contributed by atoms with van der Waals surface area (Å²) in [6, 6.07) is 13.6. The topological polar surface area (TPSA) is 100 Å². The lowest BCUT2D eigenvalue weighted by molar-refractivity contribution is -0.143. The average Bonchev–Trinajstić information content (AvgIpc) is 3.00. The highest BCUT2D eigenvalue weighted by atomic mass is 16.6. The molecule has 230 valence electrons. The zero-order chi connectivity index (χ0) is 30.4. The predicted molar refractivity (Wildman–Crippen MR) is 165 cm³/mol. The second-order valence-corrected chi connectivity index (χ2v) is 10.1. The first-order valence-electron chi connectivity index (χ1n) is 15.3. The van der Waals surface area contributed by atoms with Gasteiger partial charge in [0.2, 0.25) is 5.76 Å². The van der Waals surface area contributed by atoms with Crippen LogP contribution in [0, 0.1) is 0 Å². The van der Waals surface area contributed by atoms with Gasteiger partial charge in [0.15, 0.2) is 5.75 Å². The van der Waals surface area contributed by atoms with Crippen LogP contribution >= 0.6 is 0 Å². The van der Waals surface area contributed by atoms with Gasteiger partial charge in [-0.3, -0.25) is 4.79 Å². The smallest absolute Gasteiger partial charge is 0.374 e. The minimum atomic E-state index is -0.773. The fraction of sp³-hybridized carbons (Fsp3) is 0.500. The fourth-order valence-electron chi connectivity index (χ4n) is 3.96. The number of hydrogen-bond donors (Lipinski definition) is 1. The van der Waals surface area contributed by atoms with Crippen molar-refractivity contribution in [3.05, 3.63) is 65.9 Å². The van der Waals surface area contributed by atoms with Gasteiger partial charge in [-0.15, -0.1) is 0 Å². The molecule has 2 rings (SSSR count). The van der Waals surface area contributed by atoms with E-state index in [1.807, 2.05) is 0 Å². The van der Waals surface area contributed by atoms with Crippen molar-refractivity contribution in [2.45, 2.75) is 91.4 Å². The lowest BCUT2D eigenvalue weighted by Crippen LogP contribution is -2.18. The number of carbonyl (C=O) groups is 3. The van der Waals surface area contributed by atoms with Crippen LogP contribution in [0.3, 0.4) is 0 Å². The third-order valence-corrected chi connectivity index (χ3v) is 6.41. The van der Waals surface area contributed by atoms with Crippen LogP contribution in [-0.4, -0.2) is 37.7 Å². The number of hydrogen-bond acceptors (Lipinski definition) is 7. The lowest BCUT2D eigenvalue weighted by atomic mass is 10.2. The molecule has 2 aromatic carbocycles. The van der Waals surface area contributed by atoms with E-state index in [9.17, 15) is 14.4 Å². The molecule has 0 aliphatic heterocycles. The molecule has 0 aliphatic rings. The molecule has 0 heterocycles. The summed E-state index contributed by atoms with van der Waals surface area (Å²) in [5.74, 6) is -1.25. The first-order valence-corrected chi connectivity index (χ1v) is 15.3. The highest BCUT2D eigenvalue weighted by Crippen LogP contribution is 2.27. The molecule has 1 amide bonds. The molecule has 0 bridgehead atoms. The van der Waals surface area contributed by atoms with Gasteiger partial charge in [-0.25, -0.2) is 9.59 Å². The van der Waals surface area contributed by atoms with Crippen molar-refractivity contribution in [1.29, 1.82) is 0 Å². The predicted octanol–water partition coefficient (Wildman–Crippen LogP) is 8.02. The normalized spacial score (nSPS) is 11.1. The number of carbonyl (C=O) groups excluding carboxylic acids is 3. The Morgan fingerprint density at radius 3 is 1.95 bits per heavy atom. The largest absolute Gasteiger partial charge is 0.494 e. The molecule has 2 aromatic rings. The van der Waals surface area contributed by atoms with Gasteiger partial charge in [-0.05, 0) is 55.7 Å². The zero-order valence-electron chi connectivity index (χ0n) is 25.5. The van der Waals surface area contributed by atoms with E-state index < -0.39 is 11.9 Å². The van der Waals surface area contributed by atoms with Crippen LogP contribution in [0.25, 0.3) is 0 Å². The molecule has 0 aromatic heterocycles. The Hall–Kier alpha value is -3.81. The number of amides is 1. The maximum atomic E-state index is 13.0. The first kappa shape index (κ1) is 34.4. The van der Waals surface area contributed by atoms with Crippen LogP contribution in [0.4, 0.5) is 5.69 Å². The van der Waals surface area contributed by atoms with Crippen LogP contribution in [0.1, 0.15) is 102 Å². The molecule has 0 atom stereocenters. The third-order valence-electron chi connectivity index (χ3n) is 6.41. The van der Waals surface area contributed by atoms with Gasteiger partial charge >= 0.3 is 11.9 Å². The van der Waals surface area contributed by atoms with E-state index in [0.717, 1.165) is 70.3 Å². The molecule has 8 heteroatoms. The quantitative estimate of drug-likeness (QED) is 0.0689. The summed E-state index contributed by atoms with van der Waals surface area (Å²) < 4.78 is 22.3. The van der Waals surface area contributed by atoms with Crippen molar-refractivity contribution in [3.8, 4) is 11.5 Å². The SMILES string of the molecule is CCCCCCOC(=O)/C=C(\Oc1ccccc1NC(=O)c1ccc(OCCCCC)cc1)C(=O)OCCCCCC. The van der Waals surface area contributed by atoms with Crippen molar-refractivity contribution in [2.75, 3.05) is 25.1 Å². The Labute approximate surface area is 250 Å². The molecule has 1 N–H and O–H groups in total. The Kier molecular flexibility index (Phi) is 17.2. The molecule has 0 saturated heterocycles. The molecule has 42 heavy (non-hydrogen) atoms. The second-order valence-electron chi connectivity index (χ2n) is 10.1. The van der Waals surface area contributed by atoms with Gasteiger partial charge < -0.3 is 24.3 Å². The summed E-state index contributed by atoms with van der Waals surface area (Å²) in [5, 5.41) is 2.82. The summed E-state index contributed by atoms with van der Waals surface area (Å²) in [7, 11) is 0. The van der Waals surface area contributed by atoms with E-state index in [1.54, 1.807) is 48.5 Å². The zero-order valence-corrected chi connectivity index (χ0v) is 25.5. The highest BCUT2D eigenvalue weighted by molar-refractivity contribution is 6.05. The maximum absolute atomic E-state index is 13.0. The van der Waals surface area contributed by atoms with E-state index in [1.165, 1.54) is 0 Å². The van der Waals surface area contributed by atoms with Crippen LogP contribution in [0.15, 0.2) is 60.4 Å². The average molecular weight is 582 g/mol. The van der Waals surface area contributed by atoms with Crippen molar-refractivity contribution >= 4 is 23.5 Å². The standard InChI is InChI=1S/C34H47NO7/c1-4-7-10-15-24-40-32(36)26-31(34(38)41-25-16-11-8-5-2)42-30-18-13-12-17-29(30)35-33(37)27-19-21-28(22-20-27)39-23-14-9-6-3/h12-13,17-22,26H,4-11,14-16,23-25H2,1-3H3,(H,35,37)/b31-26-. The number of rotatable bonds is 21. The van der Waals surface area contributed by atoms with Crippen molar-refractivity contribution in [3.63, 3.8) is 0 Å². The molecular weight excluding hydrogens is 534 g/mol. The number of para-hydroxylation sites is 2. The van der Waals surface area contributed by atoms with Crippen LogP contribution in [0.2, 0.25) is 0 Å². The Morgan fingerprint density at radius 1 is 0.690 bits per heavy atom. The number of benzene rings is 2. The summed E-state index contributed by atoms with van der Waals surface area (Å²) in [4.78, 5) is 38.4. The number of nitrogens with one attached hydrogen (secondary N) is 1. The molecule has 0 saturated carbocycles. The third kappa shape index (κ3) is 13.7. The van der Waals surface area contributed by atoms with Crippen LogP contribution in [-0.2, 0) is 19.1 Å². The highest BCUT2D eigenvalue weighted by Gasteiger charge is 2.19. The van der Waals surface area contributed by atoms with Gasteiger partial charge in [-0.1, -0.05) is 84.3 Å². The summed E-state index contributed by atoms with van der Waals surface area (Å²) in [6.45, 7) is 7.44. The van der Waals surface area contributed by atoms with E-state index in [2.05, 4.69) is 26.1 Å². The van der Waals surface area contributed by atoms with Gasteiger partial charge in [0.1, 0.15) is 5.75 Å². The van der Waals surface area contributed by atoms with Crippen LogP contribution in [0.5, 0.6) is 11.5 Å². The van der Waals surface area contributed by atoms with Crippen LogP contribution < -0.4 is 14.8 Å². The van der Waals surface area contributed by atoms with E-state index in [4.69, 9.17) is 18.9 Å². The minimum absolute atomic E-state index is 0.187. The van der Waals surface area contributed by atoms with Crippen molar-refractivity contribution in [1.82, 2.24) is 0 Å². The maximum Gasteiger partial charge on any atom is 0.374 e. The first-order chi connectivity index (χ1) is 20.5. The molecular formula is C34H47NO7. The van der Waals surface area contributed by atoms with Crippen molar-refractivity contribution in [2.24, 2.45) is 0 Å². The molecule has 0 fully saturated rings. The Balaban J connectivity index is 2.11. The summed E-state index contributed by atoms with van der Waals surface area (Å²) >= 11 is 0. The molecule has 0 spiro atoms. The van der Waals surface area contributed by atoms with Gasteiger partial charge in [0.05, 0.1) is 31.6 Å². The summed E-state index contributed by atoms with van der Waals surface area (Å²) in [5.41, 5.74) is 0.761. The second kappa shape index (κ2) is 21.0. The van der Waals surface area contributed by atoms with E-state index in [0.29, 0.717) is 30.0 Å². The van der Waals surface area contributed by atoms with Gasteiger partial charge in [0, 0.05) is 5.56 Å². The number of anilines is 1. The number of unbranched alkanes of at least 4 members (excludes halogenated alkanes) is 8. The number of esters is 2. The Bertz CT molecular complexity index is 1110. The van der Waals surface area contributed by atoms with Crippen molar-refractivity contribution < 1.29 is 33.3 Å². The summed E-state index contributed by atoms with van der Waals surface area (Å²) in [6.07, 6.45) is 11.8. The molecule has 8 nitrogen and oxygen atoms in total. The molecule has 0 aliphatic carbocycles. The fourth-order valence-corrected chi connectivity index (χ4v) is 3.96. The minimum Gasteiger partial charge on any atom is -0.494 e.